The highest BCUT2D eigenvalue weighted by molar-refractivity contribution is 6.00. The molecule has 0 radical (unpaired) electrons. The number of phenols is 1. The largest absolute Gasteiger partial charge is 0.506 e. The molecule has 0 atom stereocenters. The Morgan fingerprint density at radius 1 is 1.26 bits per heavy atom. The Balaban J connectivity index is 2.64. The van der Waals surface area contributed by atoms with Gasteiger partial charge in [0.1, 0.15) is 22.7 Å². The van der Waals surface area contributed by atoms with Gasteiger partial charge in [0, 0.05) is 19.7 Å². The van der Waals surface area contributed by atoms with Crippen molar-refractivity contribution >= 4 is 23.0 Å². The fraction of sp³-hybridized carbons (Fsp3) is 0.438. The number of phenolic OH excluding ortho intramolecular Hbond substituents is 1. The molecule has 7 heteroatoms. The molecule has 1 N–H and O–H groups in total. The maximum Gasteiger partial charge on any atom is 0.420 e. The monoisotopic (exact) mass is 319 g/mol. The molecule has 0 aliphatic heterocycles. The lowest BCUT2D eigenvalue weighted by Gasteiger charge is -2.20. The molecule has 1 aromatic heterocycles. The van der Waals surface area contributed by atoms with Crippen LogP contribution in [0.2, 0.25) is 0 Å². The summed E-state index contributed by atoms with van der Waals surface area (Å²) in [6.07, 6.45) is -0.605. The average molecular weight is 319 g/mol. The highest BCUT2D eigenvalue weighted by atomic mass is 16.6. The SMILES string of the molecule is Cc1nc2c(O)cc(C(=O)N(C)C)cc2n1C(=O)OC(C)(C)C. The fourth-order valence-electron chi connectivity index (χ4n) is 2.20. The van der Waals surface area contributed by atoms with Crippen molar-refractivity contribution in [3.8, 4) is 5.75 Å². The van der Waals surface area contributed by atoms with E-state index < -0.39 is 11.7 Å². The number of rotatable bonds is 1. The summed E-state index contributed by atoms with van der Waals surface area (Å²) < 4.78 is 6.62. The molecule has 0 aliphatic carbocycles. The van der Waals surface area contributed by atoms with Crippen LogP contribution in [-0.2, 0) is 4.74 Å². The second kappa shape index (κ2) is 5.57. The lowest BCUT2D eigenvalue weighted by Crippen LogP contribution is -2.27. The van der Waals surface area contributed by atoms with Crippen LogP contribution in [0.25, 0.3) is 11.0 Å². The minimum absolute atomic E-state index is 0.155. The standard InChI is InChI=1S/C16H21N3O4/c1-9-17-13-11(19(9)15(22)23-16(2,3)4)7-10(8-12(13)20)14(21)18(5)6/h7-8,20H,1-6H3. The maximum atomic E-state index is 12.4. The molecule has 0 bridgehead atoms. The predicted octanol–water partition coefficient (Wildman–Crippen LogP) is 2.54. The van der Waals surface area contributed by atoms with E-state index in [1.54, 1.807) is 41.8 Å². The van der Waals surface area contributed by atoms with Gasteiger partial charge in [-0.05, 0) is 39.8 Å². The van der Waals surface area contributed by atoms with Gasteiger partial charge in [-0.15, -0.1) is 0 Å². The number of aryl methyl sites for hydroxylation is 1. The summed E-state index contributed by atoms with van der Waals surface area (Å²) in [4.78, 5) is 30.1. The molecule has 1 aromatic carbocycles. The second-order valence-electron chi connectivity index (χ2n) is 6.54. The number of benzene rings is 1. The number of carbonyl (C=O) groups is 2. The lowest BCUT2D eigenvalue weighted by molar-refractivity contribution is 0.0540. The van der Waals surface area contributed by atoms with Crippen molar-refractivity contribution in [3.63, 3.8) is 0 Å². The van der Waals surface area contributed by atoms with Gasteiger partial charge in [0.25, 0.3) is 5.91 Å². The van der Waals surface area contributed by atoms with Gasteiger partial charge in [-0.1, -0.05) is 0 Å². The van der Waals surface area contributed by atoms with Gasteiger partial charge in [-0.3, -0.25) is 4.79 Å². The molecule has 7 nitrogen and oxygen atoms in total. The van der Waals surface area contributed by atoms with Crippen LogP contribution in [0.15, 0.2) is 12.1 Å². The molecule has 1 heterocycles. The molecule has 1 amide bonds. The molecule has 2 aromatic rings. The summed E-state index contributed by atoms with van der Waals surface area (Å²) in [6, 6.07) is 2.87. The number of hydrogen-bond donors (Lipinski definition) is 1. The van der Waals surface area contributed by atoms with Gasteiger partial charge in [0.15, 0.2) is 0 Å². The zero-order valence-electron chi connectivity index (χ0n) is 14.2. The molecule has 0 aliphatic rings. The Bertz CT molecular complexity index is 785. The number of nitrogens with zero attached hydrogens (tertiary/aromatic N) is 3. The summed E-state index contributed by atoms with van der Waals surface area (Å²) in [7, 11) is 3.22. The van der Waals surface area contributed by atoms with Crippen LogP contribution in [0, 0.1) is 6.92 Å². The van der Waals surface area contributed by atoms with Gasteiger partial charge in [0.2, 0.25) is 0 Å². The number of fused-ring (bicyclic) bond motifs is 1. The van der Waals surface area contributed by atoms with Crippen LogP contribution in [0.4, 0.5) is 4.79 Å². The quantitative estimate of drug-likeness (QED) is 0.873. The molecule has 23 heavy (non-hydrogen) atoms. The van der Waals surface area contributed by atoms with E-state index in [9.17, 15) is 14.7 Å². The first-order chi connectivity index (χ1) is 10.5. The van der Waals surface area contributed by atoms with Gasteiger partial charge in [-0.2, -0.15) is 0 Å². The number of hydrogen-bond acceptors (Lipinski definition) is 5. The van der Waals surface area contributed by atoms with Gasteiger partial charge >= 0.3 is 6.09 Å². The van der Waals surface area contributed by atoms with Crippen LogP contribution in [0.5, 0.6) is 5.75 Å². The third-order valence-electron chi connectivity index (χ3n) is 3.14. The van der Waals surface area contributed by atoms with Crippen molar-refractivity contribution < 1.29 is 19.4 Å². The van der Waals surface area contributed by atoms with Crippen molar-refractivity contribution in [2.45, 2.75) is 33.3 Å². The number of aromatic nitrogens is 2. The topological polar surface area (TPSA) is 84.7 Å². The normalized spacial score (nSPS) is 11.6. The molecule has 2 rings (SSSR count). The molecule has 0 unspecified atom stereocenters. The van der Waals surface area contributed by atoms with Crippen LogP contribution in [0.1, 0.15) is 37.0 Å². The predicted molar refractivity (Wildman–Crippen MR) is 85.8 cm³/mol. The first-order valence-corrected chi connectivity index (χ1v) is 7.18. The van der Waals surface area contributed by atoms with E-state index in [0.29, 0.717) is 11.3 Å². The van der Waals surface area contributed by atoms with Crippen molar-refractivity contribution in [3.05, 3.63) is 23.5 Å². The zero-order valence-corrected chi connectivity index (χ0v) is 14.2. The molecular weight excluding hydrogens is 298 g/mol. The van der Waals surface area contributed by atoms with E-state index in [0.717, 1.165) is 0 Å². The minimum atomic E-state index is -0.667. The van der Waals surface area contributed by atoms with E-state index in [1.165, 1.54) is 21.6 Å². The van der Waals surface area contributed by atoms with Crippen molar-refractivity contribution in [2.75, 3.05) is 14.1 Å². The van der Waals surface area contributed by atoms with E-state index in [-0.39, 0.29) is 22.7 Å². The number of amides is 1. The third kappa shape index (κ3) is 3.28. The van der Waals surface area contributed by atoms with E-state index >= 15 is 0 Å². The smallest absolute Gasteiger partial charge is 0.420 e. The fourth-order valence-corrected chi connectivity index (χ4v) is 2.20. The Kier molecular flexibility index (Phi) is 4.07. The molecule has 0 saturated carbocycles. The Hall–Kier alpha value is -2.57. The first kappa shape index (κ1) is 16.8. The van der Waals surface area contributed by atoms with Crippen LogP contribution >= 0.6 is 0 Å². The summed E-state index contributed by atoms with van der Waals surface area (Å²) in [5.74, 6) is -0.0612. The van der Waals surface area contributed by atoms with Crippen LogP contribution in [0.3, 0.4) is 0 Å². The Morgan fingerprint density at radius 2 is 1.87 bits per heavy atom. The average Bonchev–Trinajstić information content (AvgIpc) is 2.72. The number of imidazole rings is 1. The number of ether oxygens (including phenoxy) is 1. The molecule has 0 spiro atoms. The van der Waals surface area contributed by atoms with E-state index in [1.807, 2.05) is 0 Å². The van der Waals surface area contributed by atoms with Gasteiger partial charge in [0.05, 0.1) is 5.52 Å². The minimum Gasteiger partial charge on any atom is -0.506 e. The molecule has 0 fully saturated rings. The summed E-state index contributed by atoms with van der Waals surface area (Å²) in [5.41, 5.74) is 0.189. The summed E-state index contributed by atoms with van der Waals surface area (Å²) in [6.45, 7) is 6.92. The van der Waals surface area contributed by atoms with Crippen LogP contribution < -0.4 is 0 Å². The van der Waals surface area contributed by atoms with Crippen LogP contribution in [-0.4, -0.2) is 51.3 Å². The molecule has 124 valence electrons. The van der Waals surface area contributed by atoms with Crippen molar-refractivity contribution in [1.82, 2.24) is 14.5 Å². The van der Waals surface area contributed by atoms with E-state index in [4.69, 9.17) is 4.74 Å². The number of carbonyl (C=O) groups excluding carboxylic acids is 2. The van der Waals surface area contributed by atoms with Gasteiger partial charge in [-0.25, -0.2) is 14.3 Å². The highest BCUT2D eigenvalue weighted by Gasteiger charge is 2.24. The van der Waals surface area contributed by atoms with Crippen molar-refractivity contribution in [2.24, 2.45) is 0 Å². The Labute approximate surface area is 134 Å². The van der Waals surface area contributed by atoms with Crippen molar-refractivity contribution in [1.29, 1.82) is 0 Å². The van der Waals surface area contributed by atoms with Gasteiger partial charge < -0.3 is 14.7 Å². The molecule has 0 saturated heterocycles. The lowest BCUT2D eigenvalue weighted by atomic mass is 10.1. The first-order valence-electron chi connectivity index (χ1n) is 7.18. The maximum absolute atomic E-state index is 12.4. The second-order valence-corrected chi connectivity index (χ2v) is 6.54. The Morgan fingerprint density at radius 3 is 2.39 bits per heavy atom. The number of aromatic hydroxyl groups is 1. The molecular formula is C16H21N3O4. The highest BCUT2D eigenvalue weighted by Crippen LogP contribution is 2.28. The summed E-state index contributed by atoms with van der Waals surface area (Å²) >= 11 is 0. The third-order valence-corrected chi connectivity index (χ3v) is 3.14. The summed E-state index contributed by atoms with van der Waals surface area (Å²) in [5, 5.41) is 10.1. The zero-order chi connectivity index (χ0) is 17.5. The van der Waals surface area contributed by atoms with E-state index in [2.05, 4.69) is 4.98 Å².